The Bertz CT molecular complexity index is 1140. The number of rotatable bonds is 16. The molecule has 0 fully saturated rings. The highest BCUT2D eigenvalue weighted by Crippen LogP contribution is 2.43. The molecule has 1 aliphatic rings. The molecule has 1 aliphatic carbocycles. The number of hydrogen-bond acceptors (Lipinski definition) is 2. The molecule has 0 aliphatic heterocycles. The van der Waals surface area contributed by atoms with Gasteiger partial charge in [-0.1, -0.05) is 106 Å². The SMILES string of the molecule is COc1ccccc1[Si](C)(C)C[C@@H]1C=C[C@H](C/C=C(\C)CC/C=C(\C)CC/C=C(\C)CCC=C(C)C)C[C@]1(Br)C=O. The van der Waals surface area contributed by atoms with Crippen molar-refractivity contribution in [1.29, 1.82) is 0 Å². The third-order valence-electron chi connectivity index (χ3n) is 8.49. The van der Waals surface area contributed by atoms with Crippen LogP contribution in [-0.4, -0.2) is 25.8 Å². The van der Waals surface area contributed by atoms with Crippen molar-refractivity contribution in [2.75, 3.05) is 7.11 Å². The van der Waals surface area contributed by atoms with Crippen LogP contribution < -0.4 is 9.92 Å². The van der Waals surface area contributed by atoms with Crippen molar-refractivity contribution < 1.29 is 9.53 Å². The zero-order valence-corrected chi connectivity index (χ0v) is 29.6. The molecule has 41 heavy (non-hydrogen) atoms. The minimum atomic E-state index is -1.83. The molecule has 1 aromatic rings. The number of hydrogen-bond donors (Lipinski definition) is 0. The first-order valence-electron chi connectivity index (χ1n) is 15.5. The molecular formula is C37H55BrO2Si. The highest BCUT2D eigenvalue weighted by molar-refractivity contribution is 9.10. The summed E-state index contributed by atoms with van der Waals surface area (Å²) in [5.41, 5.74) is 5.84. The van der Waals surface area contributed by atoms with Gasteiger partial charge in [0.2, 0.25) is 0 Å². The van der Waals surface area contributed by atoms with Crippen molar-refractivity contribution in [3.05, 3.63) is 83.0 Å². The lowest BCUT2D eigenvalue weighted by atomic mass is 9.79. The molecule has 0 aromatic heterocycles. The first-order chi connectivity index (χ1) is 19.4. The molecule has 0 bridgehead atoms. The van der Waals surface area contributed by atoms with E-state index in [1.165, 1.54) is 33.9 Å². The summed E-state index contributed by atoms with van der Waals surface area (Å²) in [5, 5.41) is 1.32. The van der Waals surface area contributed by atoms with Gasteiger partial charge in [0.05, 0.1) is 19.5 Å². The molecule has 3 atom stereocenters. The summed E-state index contributed by atoms with van der Waals surface area (Å²) in [4.78, 5) is 12.4. The second kappa shape index (κ2) is 17.3. The van der Waals surface area contributed by atoms with E-state index in [0.717, 1.165) is 63.0 Å². The summed E-state index contributed by atoms with van der Waals surface area (Å²) >= 11 is 3.91. The molecule has 0 amide bonds. The molecule has 0 saturated carbocycles. The van der Waals surface area contributed by atoms with Crippen LogP contribution in [0.4, 0.5) is 0 Å². The fourth-order valence-electron chi connectivity index (χ4n) is 5.81. The van der Waals surface area contributed by atoms with E-state index in [1.807, 2.05) is 6.07 Å². The van der Waals surface area contributed by atoms with Crippen molar-refractivity contribution in [3.8, 4) is 5.75 Å². The summed E-state index contributed by atoms with van der Waals surface area (Å²) in [7, 11) is -0.0857. The fraction of sp³-hybridized carbons (Fsp3) is 0.541. The molecule has 0 N–H and O–H groups in total. The maximum absolute atomic E-state index is 12.4. The van der Waals surface area contributed by atoms with Gasteiger partial charge in [-0.2, -0.15) is 0 Å². The first-order valence-corrected chi connectivity index (χ1v) is 19.5. The quantitative estimate of drug-likeness (QED) is 0.0779. The Morgan fingerprint density at radius 1 is 0.902 bits per heavy atom. The summed E-state index contributed by atoms with van der Waals surface area (Å²) in [5.74, 6) is 1.54. The third kappa shape index (κ3) is 12.1. The number of ether oxygens (including phenoxy) is 1. The fourth-order valence-corrected chi connectivity index (χ4v) is 10.1. The van der Waals surface area contributed by atoms with Gasteiger partial charge in [-0.05, 0) is 115 Å². The normalized spacial score (nSPS) is 22.0. The van der Waals surface area contributed by atoms with Gasteiger partial charge in [0.25, 0.3) is 0 Å². The van der Waals surface area contributed by atoms with E-state index in [4.69, 9.17) is 4.74 Å². The van der Waals surface area contributed by atoms with E-state index in [9.17, 15) is 4.79 Å². The number of carbonyl (C=O) groups excluding carboxylic acids is 1. The molecule has 1 aromatic carbocycles. The molecule has 0 heterocycles. The Kier molecular flexibility index (Phi) is 14.9. The van der Waals surface area contributed by atoms with E-state index in [2.05, 4.69) is 118 Å². The standard InChI is InChI=1S/C37H55BrO2Si/c1-29(2)14-11-15-30(3)16-12-17-31(4)18-13-19-32(5)22-23-33-24-25-34(37(38,26-33)28-39)27-41(7,8)36-21-10-9-20-35(36)40-6/h9-10,14,16,18,20-22,24-25,28,33-34H,11-13,15,17,19,23,26-27H2,1-8H3/b30-16+,31-18+,32-22+/t33-,34-,37-/m0/s1. The lowest BCUT2D eigenvalue weighted by Crippen LogP contribution is -2.48. The topological polar surface area (TPSA) is 26.3 Å². The Morgan fingerprint density at radius 3 is 2.02 bits per heavy atom. The number of aldehydes is 1. The molecule has 4 heteroatoms. The van der Waals surface area contributed by atoms with Crippen molar-refractivity contribution in [2.45, 2.75) is 109 Å². The van der Waals surface area contributed by atoms with Crippen LogP contribution in [0.2, 0.25) is 19.1 Å². The van der Waals surface area contributed by atoms with Gasteiger partial charge in [0.1, 0.15) is 12.0 Å². The Morgan fingerprint density at radius 2 is 1.46 bits per heavy atom. The van der Waals surface area contributed by atoms with Crippen LogP contribution in [0.15, 0.2) is 83.0 Å². The maximum atomic E-state index is 12.4. The number of carbonyl (C=O) groups is 1. The van der Waals surface area contributed by atoms with Crippen molar-refractivity contribution in [3.63, 3.8) is 0 Å². The predicted octanol–water partition coefficient (Wildman–Crippen LogP) is 10.7. The average molecular weight is 640 g/mol. The van der Waals surface area contributed by atoms with Gasteiger partial charge < -0.3 is 9.53 Å². The van der Waals surface area contributed by atoms with E-state index in [1.54, 1.807) is 7.11 Å². The highest BCUT2D eigenvalue weighted by Gasteiger charge is 2.43. The van der Waals surface area contributed by atoms with Crippen LogP contribution >= 0.6 is 15.9 Å². The van der Waals surface area contributed by atoms with Crippen LogP contribution in [0.25, 0.3) is 0 Å². The van der Waals surface area contributed by atoms with Crippen LogP contribution in [0, 0.1) is 11.8 Å². The number of methoxy groups -OCH3 is 1. The van der Waals surface area contributed by atoms with Gasteiger partial charge in [0, 0.05) is 0 Å². The zero-order chi connectivity index (χ0) is 30.5. The molecule has 0 saturated heterocycles. The van der Waals surface area contributed by atoms with Crippen LogP contribution in [0.5, 0.6) is 5.75 Å². The van der Waals surface area contributed by atoms with Gasteiger partial charge in [0.15, 0.2) is 0 Å². The second-order valence-electron chi connectivity index (χ2n) is 13.1. The number of halogens is 1. The maximum Gasteiger partial charge on any atom is 0.137 e. The van der Waals surface area contributed by atoms with Crippen LogP contribution in [-0.2, 0) is 4.79 Å². The summed E-state index contributed by atoms with van der Waals surface area (Å²) in [6.07, 6.45) is 24.0. The Hall–Kier alpha value is -1.91. The number of alkyl halides is 1. The van der Waals surface area contributed by atoms with Crippen molar-refractivity contribution in [1.82, 2.24) is 0 Å². The summed E-state index contributed by atoms with van der Waals surface area (Å²) < 4.78 is 5.18. The van der Waals surface area contributed by atoms with Crippen LogP contribution in [0.3, 0.4) is 0 Å². The number of benzene rings is 1. The predicted molar refractivity (Wildman–Crippen MR) is 186 cm³/mol. The van der Waals surface area contributed by atoms with E-state index >= 15 is 0 Å². The molecule has 0 unspecified atom stereocenters. The van der Waals surface area contributed by atoms with E-state index in [-0.39, 0.29) is 5.92 Å². The smallest absolute Gasteiger partial charge is 0.137 e. The van der Waals surface area contributed by atoms with Crippen molar-refractivity contribution in [2.24, 2.45) is 11.8 Å². The molecule has 2 nitrogen and oxygen atoms in total. The minimum absolute atomic E-state index is 0.192. The molecule has 0 spiro atoms. The van der Waals surface area contributed by atoms with Gasteiger partial charge in [-0.25, -0.2) is 0 Å². The minimum Gasteiger partial charge on any atom is -0.497 e. The highest BCUT2D eigenvalue weighted by atomic mass is 79.9. The molecule has 226 valence electrons. The molecule has 0 radical (unpaired) electrons. The first kappa shape index (κ1) is 35.3. The van der Waals surface area contributed by atoms with Gasteiger partial charge >= 0.3 is 0 Å². The van der Waals surface area contributed by atoms with Crippen molar-refractivity contribution >= 4 is 35.5 Å². The number of para-hydroxylation sites is 1. The largest absolute Gasteiger partial charge is 0.497 e. The Balaban J connectivity index is 1.88. The zero-order valence-electron chi connectivity index (χ0n) is 27.1. The third-order valence-corrected chi connectivity index (χ3v) is 12.9. The summed E-state index contributed by atoms with van der Waals surface area (Å²) in [6.45, 7) is 15.9. The molecular weight excluding hydrogens is 584 g/mol. The number of allylic oxidation sites excluding steroid dienone is 10. The molecule has 2 rings (SSSR count). The van der Waals surface area contributed by atoms with Gasteiger partial charge in [-0.3, -0.25) is 0 Å². The lowest BCUT2D eigenvalue weighted by Gasteiger charge is -2.39. The second-order valence-corrected chi connectivity index (χ2v) is 19.3. The monoisotopic (exact) mass is 638 g/mol. The average Bonchev–Trinajstić information content (AvgIpc) is 2.93. The Labute approximate surface area is 261 Å². The summed E-state index contributed by atoms with van der Waals surface area (Å²) in [6, 6.07) is 9.39. The van der Waals surface area contributed by atoms with E-state index < -0.39 is 12.4 Å². The van der Waals surface area contributed by atoms with Gasteiger partial charge in [-0.15, -0.1) is 0 Å². The lowest BCUT2D eigenvalue weighted by molar-refractivity contribution is -0.110. The van der Waals surface area contributed by atoms with E-state index in [0.29, 0.717) is 5.92 Å². The van der Waals surface area contributed by atoms with Crippen LogP contribution in [0.1, 0.15) is 86.0 Å².